The Labute approximate surface area is 145 Å². The molecule has 2 heterocycles. The van der Waals surface area contributed by atoms with E-state index in [0.29, 0.717) is 24.5 Å². The first-order valence-corrected chi connectivity index (χ1v) is 8.18. The molecule has 6 heteroatoms. The summed E-state index contributed by atoms with van der Waals surface area (Å²) in [7, 11) is 0. The molecule has 3 rings (SSSR count). The zero-order chi connectivity index (χ0) is 17.1. The van der Waals surface area contributed by atoms with Crippen LogP contribution in [-0.4, -0.2) is 23.3 Å². The van der Waals surface area contributed by atoms with Crippen LogP contribution < -0.4 is 10.2 Å². The quantitative estimate of drug-likeness (QED) is 0.868. The molecule has 1 aromatic heterocycles. The second kappa shape index (κ2) is 7.01. The Morgan fingerprint density at radius 2 is 2.25 bits per heavy atom. The highest BCUT2D eigenvalue weighted by Crippen LogP contribution is 2.29. The number of carbonyl (C=O) groups is 2. The number of anilines is 1. The van der Waals surface area contributed by atoms with Crippen LogP contribution in [0.5, 0.6) is 0 Å². The van der Waals surface area contributed by atoms with Gasteiger partial charge in [0.2, 0.25) is 11.8 Å². The van der Waals surface area contributed by atoms with Gasteiger partial charge in [0.1, 0.15) is 5.92 Å². The van der Waals surface area contributed by atoms with E-state index in [9.17, 15) is 9.59 Å². The Bertz CT molecular complexity index is 764. The predicted octanol–water partition coefficient (Wildman–Crippen LogP) is 2.71. The Balaban J connectivity index is 1.65. The smallest absolute Gasteiger partial charge is 0.239 e. The second-order valence-electron chi connectivity index (χ2n) is 5.84. The summed E-state index contributed by atoms with van der Waals surface area (Å²) in [5.74, 6) is -1.08. The van der Waals surface area contributed by atoms with E-state index in [0.717, 1.165) is 16.8 Å². The number of aryl methyl sites for hydroxylation is 1. The average Bonchev–Trinajstić information content (AvgIpc) is 2.98. The summed E-state index contributed by atoms with van der Waals surface area (Å²) in [6.45, 7) is 2.79. The lowest BCUT2D eigenvalue weighted by Crippen LogP contribution is -2.36. The van der Waals surface area contributed by atoms with Crippen LogP contribution in [0.1, 0.15) is 17.5 Å². The number of aromatic nitrogens is 1. The van der Waals surface area contributed by atoms with Gasteiger partial charge >= 0.3 is 0 Å². The molecule has 1 N–H and O–H groups in total. The summed E-state index contributed by atoms with van der Waals surface area (Å²) >= 11 is 6.13. The summed E-state index contributed by atoms with van der Waals surface area (Å²) < 4.78 is 0. The van der Waals surface area contributed by atoms with E-state index in [2.05, 4.69) is 10.3 Å². The van der Waals surface area contributed by atoms with Gasteiger partial charge in [-0.2, -0.15) is 0 Å². The maximum atomic E-state index is 12.6. The minimum absolute atomic E-state index is 0.182. The van der Waals surface area contributed by atoms with Gasteiger partial charge in [0.25, 0.3) is 0 Å². The molecule has 2 amide bonds. The summed E-state index contributed by atoms with van der Waals surface area (Å²) in [4.78, 5) is 30.5. The number of hydrogen-bond donors (Lipinski definition) is 1. The highest BCUT2D eigenvalue weighted by molar-refractivity contribution is 6.31. The molecule has 0 saturated carbocycles. The van der Waals surface area contributed by atoms with Crippen LogP contribution in [0, 0.1) is 12.8 Å². The molecular formula is C18H18ClN3O2. The molecule has 1 aliphatic heterocycles. The van der Waals surface area contributed by atoms with Crippen LogP contribution in [0.4, 0.5) is 5.69 Å². The van der Waals surface area contributed by atoms with E-state index in [1.807, 2.05) is 31.2 Å². The van der Waals surface area contributed by atoms with Crippen molar-refractivity contribution in [3.8, 4) is 0 Å². The zero-order valence-corrected chi connectivity index (χ0v) is 14.1. The van der Waals surface area contributed by atoms with Crippen LogP contribution in [0.2, 0.25) is 5.02 Å². The van der Waals surface area contributed by atoms with Crippen molar-refractivity contribution in [1.82, 2.24) is 10.3 Å². The monoisotopic (exact) mass is 343 g/mol. The first-order chi connectivity index (χ1) is 11.6. The average molecular weight is 344 g/mol. The third-order valence-electron chi connectivity index (χ3n) is 4.18. The fourth-order valence-corrected chi connectivity index (χ4v) is 2.92. The molecular weight excluding hydrogens is 326 g/mol. The van der Waals surface area contributed by atoms with E-state index < -0.39 is 5.92 Å². The first kappa shape index (κ1) is 16.5. The van der Waals surface area contributed by atoms with Crippen LogP contribution in [0.25, 0.3) is 0 Å². The molecule has 2 aromatic rings. The third-order valence-corrected chi connectivity index (χ3v) is 4.59. The highest BCUT2D eigenvalue weighted by Gasteiger charge is 2.37. The molecule has 0 radical (unpaired) electrons. The number of nitrogens with zero attached hydrogens (tertiary/aromatic N) is 2. The number of hydrogen-bond acceptors (Lipinski definition) is 3. The Morgan fingerprint density at radius 3 is 2.96 bits per heavy atom. The van der Waals surface area contributed by atoms with Crippen LogP contribution in [0.15, 0.2) is 42.7 Å². The molecule has 24 heavy (non-hydrogen) atoms. The Hall–Kier alpha value is -2.40. The van der Waals surface area contributed by atoms with Crippen molar-refractivity contribution in [2.75, 3.05) is 11.4 Å². The lowest BCUT2D eigenvalue weighted by atomic mass is 10.1. The van der Waals surface area contributed by atoms with Crippen molar-refractivity contribution in [2.45, 2.75) is 19.9 Å². The van der Waals surface area contributed by atoms with Gasteiger partial charge < -0.3 is 10.2 Å². The molecule has 1 saturated heterocycles. The van der Waals surface area contributed by atoms with Crippen molar-refractivity contribution >= 4 is 29.1 Å². The number of pyridine rings is 1. The molecule has 0 bridgehead atoms. The number of amides is 2. The van der Waals surface area contributed by atoms with E-state index >= 15 is 0 Å². The lowest BCUT2D eigenvalue weighted by molar-refractivity contribution is -0.132. The summed E-state index contributed by atoms with van der Waals surface area (Å²) in [5, 5.41) is 3.43. The molecule has 0 unspecified atom stereocenters. The third kappa shape index (κ3) is 3.41. The van der Waals surface area contributed by atoms with Gasteiger partial charge in [-0.1, -0.05) is 23.7 Å². The predicted molar refractivity (Wildman–Crippen MR) is 92.7 cm³/mol. The summed E-state index contributed by atoms with van der Waals surface area (Å²) in [6, 6.07) is 9.19. The van der Waals surface area contributed by atoms with Crippen molar-refractivity contribution in [2.24, 2.45) is 5.92 Å². The standard InChI is InChI=1S/C18H18ClN3O2/c1-12-4-5-14(9-16(12)19)22-8-6-15(18(22)24)17(23)21-11-13-3-2-7-20-10-13/h2-5,7,9-10,15H,6,8,11H2,1H3,(H,21,23)/t15-/m0/s1. The Kier molecular flexibility index (Phi) is 4.81. The van der Waals surface area contributed by atoms with Gasteiger partial charge in [-0.15, -0.1) is 0 Å². The fraction of sp³-hybridized carbons (Fsp3) is 0.278. The lowest BCUT2D eigenvalue weighted by Gasteiger charge is -2.17. The molecule has 124 valence electrons. The number of nitrogens with one attached hydrogen (secondary N) is 1. The normalized spacial score (nSPS) is 17.2. The fourth-order valence-electron chi connectivity index (χ4n) is 2.74. The highest BCUT2D eigenvalue weighted by atomic mass is 35.5. The number of halogens is 1. The molecule has 1 aliphatic rings. The van der Waals surface area contributed by atoms with Gasteiger partial charge in [-0.3, -0.25) is 14.6 Å². The molecule has 0 spiro atoms. The topological polar surface area (TPSA) is 62.3 Å². The van der Waals surface area contributed by atoms with Gasteiger partial charge in [0.05, 0.1) is 0 Å². The molecule has 1 aromatic carbocycles. The van der Waals surface area contributed by atoms with Crippen LogP contribution in [-0.2, 0) is 16.1 Å². The maximum Gasteiger partial charge on any atom is 0.239 e. The first-order valence-electron chi connectivity index (χ1n) is 7.80. The zero-order valence-electron chi connectivity index (χ0n) is 13.3. The van der Waals surface area contributed by atoms with E-state index in [1.165, 1.54) is 0 Å². The summed E-state index contributed by atoms with van der Waals surface area (Å²) in [6.07, 6.45) is 3.87. The summed E-state index contributed by atoms with van der Waals surface area (Å²) in [5.41, 5.74) is 2.59. The number of rotatable bonds is 4. The molecule has 0 aliphatic carbocycles. The van der Waals surface area contributed by atoms with E-state index in [1.54, 1.807) is 23.4 Å². The van der Waals surface area contributed by atoms with Gasteiger partial charge in [-0.05, 0) is 42.7 Å². The SMILES string of the molecule is Cc1ccc(N2CC[C@@H](C(=O)NCc3cccnc3)C2=O)cc1Cl. The minimum atomic E-state index is -0.651. The Morgan fingerprint density at radius 1 is 1.42 bits per heavy atom. The van der Waals surface area contributed by atoms with Gasteiger partial charge in [0.15, 0.2) is 0 Å². The van der Waals surface area contributed by atoms with Crippen molar-refractivity contribution in [3.05, 3.63) is 58.9 Å². The van der Waals surface area contributed by atoms with Crippen LogP contribution >= 0.6 is 11.6 Å². The van der Waals surface area contributed by atoms with Crippen molar-refractivity contribution < 1.29 is 9.59 Å². The second-order valence-corrected chi connectivity index (χ2v) is 6.25. The molecule has 1 fully saturated rings. The maximum absolute atomic E-state index is 12.6. The van der Waals surface area contributed by atoms with Gasteiger partial charge in [0, 0.05) is 36.2 Å². The number of benzene rings is 1. The van der Waals surface area contributed by atoms with Crippen molar-refractivity contribution in [1.29, 1.82) is 0 Å². The number of carbonyl (C=O) groups excluding carboxylic acids is 2. The van der Waals surface area contributed by atoms with Crippen molar-refractivity contribution in [3.63, 3.8) is 0 Å². The van der Waals surface area contributed by atoms with E-state index in [-0.39, 0.29) is 11.8 Å². The largest absolute Gasteiger partial charge is 0.351 e. The van der Waals surface area contributed by atoms with Crippen LogP contribution in [0.3, 0.4) is 0 Å². The van der Waals surface area contributed by atoms with E-state index in [4.69, 9.17) is 11.6 Å². The molecule has 5 nitrogen and oxygen atoms in total. The molecule has 1 atom stereocenters. The van der Waals surface area contributed by atoms with Gasteiger partial charge in [-0.25, -0.2) is 0 Å². The minimum Gasteiger partial charge on any atom is -0.351 e.